The highest BCUT2D eigenvalue weighted by Gasteiger charge is 2.13. The molecule has 3 rings (SSSR count). The summed E-state index contributed by atoms with van der Waals surface area (Å²) in [5, 5.41) is 10.5. The minimum atomic E-state index is 0.475. The predicted molar refractivity (Wildman–Crippen MR) is 77.2 cm³/mol. The monoisotopic (exact) mass is 326 g/mol. The molecular formula is C11H10N4O2S3. The molecule has 3 heterocycles. The van der Waals surface area contributed by atoms with Crippen molar-refractivity contribution >= 4 is 34.6 Å². The lowest BCUT2D eigenvalue weighted by Crippen LogP contribution is -1.95. The first-order chi connectivity index (χ1) is 9.85. The summed E-state index contributed by atoms with van der Waals surface area (Å²) in [5.74, 6) is 1.31. The third kappa shape index (κ3) is 3.23. The molecule has 20 heavy (non-hydrogen) atoms. The Morgan fingerprint density at radius 1 is 1.40 bits per heavy atom. The summed E-state index contributed by atoms with van der Waals surface area (Å²) in [6, 6.07) is 3.89. The summed E-state index contributed by atoms with van der Waals surface area (Å²) in [4.78, 5) is 5.34. The predicted octanol–water partition coefficient (Wildman–Crippen LogP) is 2.99. The van der Waals surface area contributed by atoms with E-state index in [2.05, 4.69) is 19.6 Å². The molecule has 104 valence electrons. The van der Waals surface area contributed by atoms with Crippen LogP contribution in [-0.2, 0) is 11.2 Å². The Labute approximate surface area is 127 Å². The van der Waals surface area contributed by atoms with E-state index in [0.29, 0.717) is 24.1 Å². The van der Waals surface area contributed by atoms with Crippen molar-refractivity contribution in [2.24, 2.45) is 0 Å². The van der Waals surface area contributed by atoms with Crippen LogP contribution in [0, 0.1) is 0 Å². The lowest BCUT2D eigenvalue weighted by atomic mass is 10.4. The first-order valence-electron chi connectivity index (χ1n) is 5.72. The molecule has 0 fully saturated rings. The standard InChI is InChI=1S/C11H10N4O2S3/c1-16-5-4-8-12-11(20-15-8)19-10-14-13-9(17-10)7-3-2-6-18-7/h2-3,6H,4-5H2,1H3. The number of ether oxygens (including phenoxy) is 1. The van der Waals surface area contributed by atoms with E-state index in [1.165, 1.54) is 23.3 Å². The third-order valence-electron chi connectivity index (χ3n) is 2.29. The average molecular weight is 326 g/mol. The van der Waals surface area contributed by atoms with E-state index in [1.807, 2.05) is 17.5 Å². The Hall–Kier alpha value is -1.29. The Morgan fingerprint density at radius 2 is 2.35 bits per heavy atom. The summed E-state index contributed by atoms with van der Waals surface area (Å²) < 4.78 is 15.6. The van der Waals surface area contributed by atoms with Crippen molar-refractivity contribution in [1.29, 1.82) is 0 Å². The van der Waals surface area contributed by atoms with Crippen molar-refractivity contribution in [3.63, 3.8) is 0 Å². The van der Waals surface area contributed by atoms with Crippen molar-refractivity contribution in [2.75, 3.05) is 13.7 Å². The lowest BCUT2D eigenvalue weighted by Gasteiger charge is -1.91. The zero-order chi connectivity index (χ0) is 13.8. The van der Waals surface area contributed by atoms with Gasteiger partial charge in [0.15, 0.2) is 4.34 Å². The second-order valence-electron chi connectivity index (χ2n) is 3.67. The zero-order valence-corrected chi connectivity index (χ0v) is 12.9. The van der Waals surface area contributed by atoms with Crippen LogP contribution < -0.4 is 0 Å². The summed E-state index contributed by atoms with van der Waals surface area (Å²) >= 11 is 4.22. The van der Waals surface area contributed by atoms with E-state index < -0.39 is 0 Å². The van der Waals surface area contributed by atoms with E-state index >= 15 is 0 Å². The summed E-state index contributed by atoms with van der Waals surface area (Å²) in [5.41, 5.74) is 0. The van der Waals surface area contributed by atoms with E-state index in [-0.39, 0.29) is 0 Å². The second kappa shape index (κ2) is 6.44. The van der Waals surface area contributed by atoms with Crippen LogP contribution in [0.1, 0.15) is 5.82 Å². The van der Waals surface area contributed by atoms with Crippen LogP contribution in [0.15, 0.2) is 31.5 Å². The number of aromatic nitrogens is 4. The topological polar surface area (TPSA) is 73.9 Å². The van der Waals surface area contributed by atoms with Gasteiger partial charge < -0.3 is 9.15 Å². The van der Waals surface area contributed by atoms with Gasteiger partial charge in [-0.2, -0.15) is 4.37 Å². The lowest BCUT2D eigenvalue weighted by molar-refractivity contribution is 0.200. The highest BCUT2D eigenvalue weighted by molar-refractivity contribution is 8.00. The molecule has 0 saturated heterocycles. The van der Waals surface area contributed by atoms with Gasteiger partial charge in [0.05, 0.1) is 11.5 Å². The SMILES string of the molecule is COCCc1nsc(Sc2nnc(-c3cccs3)o2)n1. The van der Waals surface area contributed by atoms with Crippen LogP contribution in [-0.4, -0.2) is 33.3 Å². The average Bonchev–Trinajstić information content (AvgIpc) is 3.18. The van der Waals surface area contributed by atoms with Crippen LogP contribution in [0.2, 0.25) is 0 Å². The van der Waals surface area contributed by atoms with Crippen LogP contribution in [0.5, 0.6) is 0 Å². The molecule has 9 heteroatoms. The molecule has 0 N–H and O–H groups in total. The molecule has 6 nitrogen and oxygen atoms in total. The molecule has 0 bridgehead atoms. The molecule has 0 aliphatic rings. The van der Waals surface area contributed by atoms with Gasteiger partial charge in [-0.1, -0.05) is 6.07 Å². The van der Waals surface area contributed by atoms with Crippen molar-refractivity contribution in [1.82, 2.24) is 19.6 Å². The Morgan fingerprint density at radius 3 is 3.15 bits per heavy atom. The maximum absolute atomic E-state index is 5.59. The van der Waals surface area contributed by atoms with Gasteiger partial charge in [-0.3, -0.25) is 0 Å². The summed E-state index contributed by atoms with van der Waals surface area (Å²) in [6.07, 6.45) is 0.706. The molecule has 0 amide bonds. The van der Waals surface area contributed by atoms with Crippen molar-refractivity contribution in [3.8, 4) is 10.8 Å². The fraction of sp³-hybridized carbons (Fsp3) is 0.273. The Kier molecular flexibility index (Phi) is 4.41. The first-order valence-corrected chi connectivity index (χ1v) is 8.19. The van der Waals surface area contributed by atoms with Gasteiger partial charge in [0, 0.05) is 25.3 Å². The normalized spacial score (nSPS) is 11.1. The van der Waals surface area contributed by atoms with E-state index in [4.69, 9.17) is 9.15 Å². The van der Waals surface area contributed by atoms with Crippen LogP contribution in [0.3, 0.4) is 0 Å². The van der Waals surface area contributed by atoms with E-state index in [0.717, 1.165) is 15.0 Å². The highest BCUT2D eigenvalue weighted by atomic mass is 32.2. The number of nitrogens with zero attached hydrogens (tertiary/aromatic N) is 4. The number of thiophene rings is 1. The van der Waals surface area contributed by atoms with Gasteiger partial charge in [-0.05, 0) is 23.0 Å². The molecule has 0 saturated carbocycles. The molecule has 0 aliphatic carbocycles. The number of hydrogen-bond donors (Lipinski definition) is 0. The summed E-state index contributed by atoms with van der Waals surface area (Å²) in [6.45, 7) is 0.615. The molecule has 0 aromatic carbocycles. The van der Waals surface area contributed by atoms with Crippen LogP contribution in [0.25, 0.3) is 10.8 Å². The van der Waals surface area contributed by atoms with Crippen LogP contribution in [0.4, 0.5) is 0 Å². The number of hydrogen-bond acceptors (Lipinski definition) is 9. The van der Waals surface area contributed by atoms with Crippen molar-refractivity contribution in [2.45, 2.75) is 16.0 Å². The number of methoxy groups -OCH3 is 1. The number of rotatable bonds is 6. The molecule has 0 atom stereocenters. The van der Waals surface area contributed by atoms with Crippen LogP contribution >= 0.6 is 34.6 Å². The van der Waals surface area contributed by atoms with Gasteiger partial charge in [0.1, 0.15) is 5.82 Å². The third-order valence-corrected chi connectivity index (χ3v) is 4.78. The second-order valence-corrected chi connectivity index (χ2v) is 6.57. The van der Waals surface area contributed by atoms with E-state index in [1.54, 1.807) is 18.4 Å². The molecule has 3 aromatic rings. The first kappa shape index (κ1) is 13.7. The van der Waals surface area contributed by atoms with Gasteiger partial charge in [-0.15, -0.1) is 21.5 Å². The molecular weight excluding hydrogens is 316 g/mol. The molecule has 0 aliphatic heterocycles. The summed E-state index contributed by atoms with van der Waals surface area (Å²) in [7, 11) is 1.66. The minimum absolute atomic E-state index is 0.475. The molecule has 0 radical (unpaired) electrons. The van der Waals surface area contributed by atoms with Crippen molar-refractivity contribution in [3.05, 3.63) is 23.3 Å². The molecule has 0 unspecified atom stereocenters. The van der Waals surface area contributed by atoms with Gasteiger partial charge in [-0.25, -0.2) is 4.98 Å². The van der Waals surface area contributed by atoms with Gasteiger partial charge in [0.2, 0.25) is 0 Å². The van der Waals surface area contributed by atoms with Gasteiger partial charge >= 0.3 is 0 Å². The molecule has 3 aromatic heterocycles. The maximum atomic E-state index is 5.59. The largest absolute Gasteiger partial charge is 0.410 e. The quantitative estimate of drug-likeness (QED) is 0.689. The Balaban J connectivity index is 1.67. The highest BCUT2D eigenvalue weighted by Crippen LogP contribution is 2.31. The van der Waals surface area contributed by atoms with E-state index in [9.17, 15) is 0 Å². The molecule has 0 spiro atoms. The minimum Gasteiger partial charge on any atom is -0.410 e. The Bertz CT molecular complexity index is 665. The maximum Gasteiger partial charge on any atom is 0.284 e. The smallest absolute Gasteiger partial charge is 0.284 e. The van der Waals surface area contributed by atoms with Gasteiger partial charge in [0.25, 0.3) is 11.1 Å². The zero-order valence-electron chi connectivity index (χ0n) is 10.5. The fourth-order valence-corrected chi connectivity index (χ4v) is 3.48. The van der Waals surface area contributed by atoms with Crippen molar-refractivity contribution < 1.29 is 9.15 Å². The fourth-order valence-electron chi connectivity index (χ4n) is 1.40.